The highest BCUT2D eigenvalue weighted by Crippen LogP contribution is 2.31. The summed E-state index contributed by atoms with van der Waals surface area (Å²) in [5.74, 6) is -1.97. The van der Waals surface area contributed by atoms with E-state index in [1.54, 1.807) is 13.0 Å². The van der Waals surface area contributed by atoms with Gasteiger partial charge in [-0.1, -0.05) is 26.0 Å². The molecule has 2 aromatic rings. The summed E-state index contributed by atoms with van der Waals surface area (Å²) in [5.41, 5.74) is 1.86. The molecule has 0 amide bonds. The molecular weight excluding hydrogens is 477 g/mol. The van der Waals surface area contributed by atoms with Crippen LogP contribution in [0.2, 0.25) is 0 Å². The number of aliphatic carboxylic acids is 1. The molecule has 1 unspecified atom stereocenters. The van der Waals surface area contributed by atoms with E-state index in [0.717, 1.165) is 6.08 Å². The molecule has 0 radical (unpaired) electrons. The highest BCUT2D eigenvalue weighted by Gasteiger charge is 2.19. The number of hydrogen-bond acceptors (Lipinski definition) is 7. The minimum absolute atomic E-state index is 0.0746. The third-order valence-electron chi connectivity index (χ3n) is 4.78. The first-order valence-electron chi connectivity index (χ1n) is 11.1. The Kier molecular flexibility index (Phi) is 9.90. The van der Waals surface area contributed by atoms with Crippen LogP contribution in [-0.2, 0) is 19.6 Å². The summed E-state index contributed by atoms with van der Waals surface area (Å²) < 4.78 is 45.4. The number of nitrogens with zero attached hydrogens (tertiary/aromatic N) is 2. The van der Waals surface area contributed by atoms with Crippen LogP contribution in [0.15, 0.2) is 42.2 Å². The Morgan fingerprint density at radius 1 is 1.20 bits per heavy atom. The van der Waals surface area contributed by atoms with Crippen LogP contribution in [0, 0.1) is 5.82 Å². The van der Waals surface area contributed by atoms with Crippen molar-refractivity contribution in [3.8, 4) is 11.3 Å². The lowest BCUT2D eigenvalue weighted by atomic mass is 9.97. The highest BCUT2D eigenvalue weighted by atomic mass is 32.2. The van der Waals surface area contributed by atoms with Crippen molar-refractivity contribution in [1.29, 1.82) is 0 Å². The van der Waals surface area contributed by atoms with E-state index in [1.807, 2.05) is 13.8 Å². The molecule has 0 spiro atoms. The van der Waals surface area contributed by atoms with Crippen LogP contribution >= 0.6 is 0 Å². The molecule has 190 valence electrons. The minimum atomic E-state index is -3.65. The average Bonchev–Trinajstić information content (AvgIpc) is 2.77. The number of aliphatic hydroxyl groups is 1. The van der Waals surface area contributed by atoms with Gasteiger partial charge in [0.25, 0.3) is 0 Å². The summed E-state index contributed by atoms with van der Waals surface area (Å²) in [6.07, 6.45) is 2.76. The van der Waals surface area contributed by atoms with E-state index < -0.39 is 27.9 Å². The lowest BCUT2D eigenvalue weighted by Gasteiger charge is -2.17. The lowest BCUT2D eigenvalue weighted by molar-refractivity contribution is -0.131. The first kappa shape index (κ1) is 27.9. The van der Waals surface area contributed by atoms with E-state index in [9.17, 15) is 22.7 Å². The van der Waals surface area contributed by atoms with Crippen LogP contribution in [0.3, 0.4) is 0 Å². The average molecular weight is 508 g/mol. The predicted octanol–water partition coefficient (Wildman–Crippen LogP) is 3.94. The normalized spacial score (nSPS) is 13.3. The third kappa shape index (κ3) is 8.45. The molecule has 11 heteroatoms. The molecule has 0 aliphatic carbocycles. The standard InChI is InChI=1S/C24H30FN3O6S/c1-5-34-19(14-21(30)31)13-18(29)11-12-20-22(15(3)4)26-24(28-35(32,33)6-2)27-23(20)16-7-9-17(25)10-8-16/h7-12,14-15,18,29H,5-6,13H2,1-4H3,(H,30,31)(H,26,27,28)/b12-11+,19-14-. The van der Waals surface area contributed by atoms with Crippen LogP contribution in [0.25, 0.3) is 17.3 Å². The first-order valence-corrected chi connectivity index (χ1v) is 12.7. The van der Waals surface area contributed by atoms with Crippen LogP contribution in [0.4, 0.5) is 10.3 Å². The van der Waals surface area contributed by atoms with E-state index in [0.29, 0.717) is 22.5 Å². The van der Waals surface area contributed by atoms with Crippen molar-refractivity contribution in [2.24, 2.45) is 0 Å². The number of aliphatic hydroxyl groups excluding tert-OH is 1. The van der Waals surface area contributed by atoms with Gasteiger partial charge in [0, 0.05) is 17.5 Å². The number of carbonyl (C=O) groups is 1. The van der Waals surface area contributed by atoms with E-state index >= 15 is 0 Å². The number of nitrogens with one attached hydrogen (secondary N) is 1. The highest BCUT2D eigenvalue weighted by molar-refractivity contribution is 7.92. The topological polar surface area (TPSA) is 139 Å². The zero-order valence-electron chi connectivity index (χ0n) is 20.0. The van der Waals surface area contributed by atoms with E-state index in [-0.39, 0.29) is 36.4 Å². The van der Waals surface area contributed by atoms with Crippen molar-refractivity contribution >= 4 is 28.0 Å². The number of sulfonamides is 1. The molecule has 1 aromatic carbocycles. The molecule has 1 aromatic heterocycles. The quantitative estimate of drug-likeness (QED) is 0.290. The predicted molar refractivity (Wildman–Crippen MR) is 132 cm³/mol. The van der Waals surface area contributed by atoms with Crippen molar-refractivity contribution in [2.45, 2.75) is 46.1 Å². The molecule has 35 heavy (non-hydrogen) atoms. The fourth-order valence-corrected chi connectivity index (χ4v) is 3.65. The second-order valence-electron chi connectivity index (χ2n) is 7.87. The molecule has 0 saturated carbocycles. The van der Waals surface area contributed by atoms with E-state index in [1.165, 1.54) is 37.3 Å². The number of halogens is 1. The van der Waals surface area contributed by atoms with Crippen LogP contribution in [0.5, 0.6) is 0 Å². The second kappa shape index (κ2) is 12.4. The molecule has 0 bridgehead atoms. The lowest BCUT2D eigenvalue weighted by Crippen LogP contribution is -2.18. The molecule has 0 saturated heterocycles. The zero-order chi connectivity index (χ0) is 26.2. The molecule has 0 fully saturated rings. The van der Waals surface area contributed by atoms with E-state index in [2.05, 4.69) is 14.7 Å². The number of benzene rings is 1. The molecular formula is C24H30FN3O6S. The fourth-order valence-electron chi connectivity index (χ4n) is 3.14. The molecule has 2 rings (SSSR count). The van der Waals surface area contributed by atoms with Gasteiger partial charge in [-0.25, -0.2) is 27.6 Å². The SMILES string of the molecule is CCO/C(=C\C(=O)O)CC(O)/C=C/c1c(-c2ccc(F)cc2)nc(NS(=O)(=O)CC)nc1C(C)C. The van der Waals surface area contributed by atoms with Gasteiger partial charge >= 0.3 is 5.97 Å². The Bertz CT molecular complexity index is 1190. The number of rotatable bonds is 12. The van der Waals surface area contributed by atoms with Gasteiger partial charge in [-0.3, -0.25) is 4.72 Å². The molecule has 0 aliphatic heterocycles. The van der Waals surface area contributed by atoms with Crippen LogP contribution in [-0.4, -0.2) is 53.0 Å². The molecule has 1 heterocycles. The van der Waals surface area contributed by atoms with Gasteiger partial charge in [0.05, 0.1) is 35.9 Å². The molecule has 3 N–H and O–H groups in total. The fraction of sp³-hybridized carbons (Fsp3) is 0.375. The maximum absolute atomic E-state index is 13.6. The van der Waals surface area contributed by atoms with Gasteiger partial charge in [-0.15, -0.1) is 0 Å². The number of aromatic nitrogens is 2. The minimum Gasteiger partial charge on any atom is -0.498 e. The summed E-state index contributed by atoms with van der Waals surface area (Å²) in [4.78, 5) is 19.8. The monoisotopic (exact) mass is 507 g/mol. The molecule has 1 atom stereocenters. The zero-order valence-corrected chi connectivity index (χ0v) is 20.8. The van der Waals surface area contributed by atoms with Crippen molar-refractivity contribution in [3.05, 3.63) is 59.3 Å². The Labute approximate surface area is 204 Å². The summed E-state index contributed by atoms with van der Waals surface area (Å²) in [5, 5.41) is 19.5. The van der Waals surface area contributed by atoms with E-state index in [4.69, 9.17) is 9.84 Å². The van der Waals surface area contributed by atoms with Crippen molar-refractivity contribution in [2.75, 3.05) is 17.1 Å². The number of carboxylic acids is 1. The maximum Gasteiger partial charge on any atom is 0.331 e. The largest absolute Gasteiger partial charge is 0.498 e. The number of carboxylic acid groups (broad SMARTS) is 1. The Morgan fingerprint density at radius 2 is 1.86 bits per heavy atom. The summed E-state index contributed by atoms with van der Waals surface area (Å²) in [6.45, 7) is 7.16. The van der Waals surface area contributed by atoms with Gasteiger partial charge in [-0.2, -0.15) is 0 Å². The van der Waals surface area contributed by atoms with Crippen LogP contribution < -0.4 is 4.72 Å². The van der Waals surface area contributed by atoms with Crippen molar-refractivity contribution in [3.63, 3.8) is 0 Å². The second-order valence-corrected chi connectivity index (χ2v) is 9.89. The third-order valence-corrected chi connectivity index (χ3v) is 6.03. The van der Waals surface area contributed by atoms with Gasteiger partial charge in [0.15, 0.2) is 0 Å². The van der Waals surface area contributed by atoms with Gasteiger partial charge in [0.2, 0.25) is 16.0 Å². The van der Waals surface area contributed by atoms with Crippen LogP contribution in [0.1, 0.15) is 51.3 Å². The number of ether oxygens (including phenoxy) is 1. The van der Waals surface area contributed by atoms with Crippen molar-refractivity contribution in [1.82, 2.24) is 9.97 Å². The summed E-state index contributed by atoms with van der Waals surface area (Å²) >= 11 is 0. The Hall–Kier alpha value is -3.31. The van der Waals surface area contributed by atoms with Crippen molar-refractivity contribution < 1.29 is 32.6 Å². The van der Waals surface area contributed by atoms with Gasteiger partial charge < -0.3 is 14.9 Å². The molecule has 9 nitrogen and oxygen atoms in total. The number of anilines is 1. The summed E-state index contributed by atoms with van der Waals surface area (Å²) in [6, 6.07) is 5.54. The Balaban J connectivity index is 2.59. The molecule has 0 aliphatic rings. The Morgan fingerprint density at radius 3 is 2.40 bits per heavy atom. The van der Waals surface area contributed by atoms with Gasteiger partial charge in [0.1, 0.15) is 11.6 Å². The smallest absolute Gasteiger partial charge is 0.331 e. The first-order chi connectivity index (χ1) is 16.5. The maximum atomic E-state index is 13.6. The number of hydrogen-bond donors (Lipinski definition) is 3. The summed E-state index contributed by atoms with van der Waals surface area (Å²) in [7, 11) is -3.65. The van der Waals surface area contributed by atoms with Gasteiger partial charge in [-0.05, 0) is 44.0 Å².